The first kappa shape index (κ1) is 12.9. The van der Waals surface area contributed by atoms with Crippen LogP contribution >= 0.6 is 11.6 Å². The molecule has 0 aliphatic heterocycles. The third-order valence-electron chi connectivity index (χ3n) is 3.18. The fourth-order valence-corrected chi connectivity index (χ4v) is 2.52. The average molecular weight is 287 g/mol. The molecule has 2 heterocycles. The zero-order chi connectivity index (χ0) is 14.1. The number of hydrogen-bond donors (Lipinski definition) is 1. The summed E-state index contributed by atoms with van der Waals surface area (Å²) in [5.74, 6) is 0.817. The molecular weight excluding hydrogens is 272 g/mol. The highest BCUT2D eigenvalue weighted by molar-refractivity contribution is 6.33. The molecule has 0 atom stereocenters. The molecule has 0 amide bonds. The number of nitrogens with two attached hydrogens (primary N) is 1. The molecule has 2 aromatic heterocycles. The number of benzene rings is 1. The number of rotatable bonds is 3. The summed E-state index contributed by atoms with van der Waals surface area (Å²) in [6.07, 6.45) is 2.77. The summed E-state index contributed by atoms with van der Waals surface area (Å²) in [6, 6.07) is 9.29. The maximum Gasteiger partial charge on any atom is 0.160 e. The van der Waals surface area contributed by atoms with E-state index in [9.17, 15) is 0 Å². The molecule has 3 rings (SSSR count). The van der Waals surface area contributed by atoms with Gasteiger partial charge in [-0.1, -0.05) is 18.5 Å². The highest BCUT2D eigenvalue weighted by Crippen LogP contribution is 2.31. The van der Waals surface area contributed by atoms with Crippen LogP contribution in [0.25, 0.3) is 22.6 Å². The van der Waals surface area contributed by atoms with E-state index in [1.165, 1.54) is 0 Å². The number of hydrogen-bond acceptors (Lipinski definition) is 3. The van der Waals surface area contributed by atoms with Gasteiger partial charge in [-0.25, -0.2) is 9.97 Å². The Hall–Kier alpha value is -2.07. The second-order valence-electron chi connectivity index (χ2n) is 4.67. The Labute approximate surface area is 122 Å². The van der Waals surface area contributed by atoms with E-state index in [0.29, 0.717) is 10.7 Å². The van der Waals surface area contributed by atoms with Gasteiger partial charge in [-0.2, -0.15) is 0 Å². The van der Waals surface area contributed by atoms with Crippen LogP contribution in [0.3, 0.4) is 0 Å². The van der Waals surface area contributed by atoms with E-state index in [4.69, 9.17) is 17.3 Å². The van der Waals surface area contributed by atoms with Crippen LogP contribution in [0.2, 0.25) is 5.02 Å². The zero-order valence-electron chi connectivity index (χ0n) is 11.2. The Morgan fingerprint density at radius 2 is 2.15 bits per heavy atom. The molecule has 0 radical (unpaired) electrons. The molecule has 5 heteroatoms. The van der Waals surface area contributed by atoms with E-state index in [2.05, 4.69) is 21.5 Å². The molecule has 0 spiro atoms. The maximum atomic E-state index is 6.30. The lowest BCUT2D eigenvalue weighted by atomic mass is 10.2. The van der Waals surface area contributed by atoms with Crippen molar-refractivity contribution in [3.05, 3.63) is 41.6 Å². The van der Waals surface area contributed by atoms with E-state index in [1.54, 1.807) is 18.3 Å². The fourth-order valence-electron chi connectivity index (χ4n) is 2.31. The number of pyridine rings is 1. The Kier molecular flexibility index (Phi) is 3.32. The highest BCUT2D eigenvalue weighted by Gasteiger charge is 2.15. The smallest absolute Gasteiger partial charge is 0.160 e. The van der Waals surface area contributed by atoms with E-state index in [0.717, 1.165) is 35.5 Å². The lowest BCUT2D eigenvalue weighted by Gasteiger charge is -2.09. The summed E-state index contributed by atoms with van der Waals surface area (Å²) >= 11 is 6.30. The minimum absolute atomic E-state index is 0.645. The molecule has 3 aromatic rings. The summed E-state index contributed by atoms with van der Waals surface area (Å²) in [4.78, 5) is 9.09. The number of fused-ring (bicyclic) bond motifs is 1. The molecule has 0 bridgehead atoms. The molecule has 0 aliphatic rings. The van der Waals surface area contributed by atoms with Crippen LogP contribution in [0.15, 0.2) is 36.5 Å². The van der Waals surface area contributed by atoms with Crippen LogP contribution in [0.1, 0.15) is 13.3 Å². The minimum atomic E-state index is 0.645. The van der Waals surface area contributed by atoms with Gasteiger partial charge in [-0.3, -0.25) is 0 Å². The molecule has 4 nitrogen and oxygen atoms in total. The van der Waals surface area contributed by atoms with Crippen molar-refractivity contribution in [3.8, 4) is 11.4 Å². The van der Waals surface area contributed by atoms with Crippen LogP contribution in [-0.4, -0.2) is 14.5 Å². The summed E-state index contributed by atoms with van der Waals surface area (Å²) in [7, 11) is 0. The third kappa shape index (κ3) is 2.12. The average Bonchev–Trinajstić information content (AvgIpc) is 2.81. The first-order valence-corrected chi connectivity index (χ1v) is 6.95. The topological polar surface area (TPSA) is 56.7 Å². The quantitative estimate of drug-likeness (QED) is 0.746. The number of nitrogen functional groups attached to an aromatic ring is 1. The van der Waals surface area contributed by atoms with Gasteiger partial charge >= 0.3 is 0 Å². The van der Waals surface area contributed by atoms with E-state index < -0.39 is 0 Å². The molecule has 1 aromatic carbocycles. The summed E-state index contributed by atoms with van der Waals surface area (Å²) in [6.45, 7) is 2.97. The van der Waals surface area contributed by atoms with Gasteiger partial charge in [0.25, 0.3) is 0 Å². The van der Waals surface area contributed by atoms with Gasteiger partial charge < -0.3 is 10.3 Å². The van der Waals surface area contributed by atoms with Crippen molar-refractivity contribution in [1.29, 1.82) is 0 Å². The Morgan fingerprint density at radius 3 is 2.95 bits per heavy atom. The molecular formula is C15H15ClN4. The molecule has 0 unspecified atom stereocenters. The molecule has 102 valence electrons. The van der Waals surface area contributed by atoms with Gasteiger partial charge in [0.15, 0.2) is 5.65 Å². The van der Waals surface area contributed by atoms with Crippen molar-refractivity contribution in [3.63, 3.8) is 0 Å². The van der Waals surface area contributed by atoms with Crippen LogP contribution in [0.5, 0.6) is 0 Å². The summed E-state index contributed by atoms with van der Waals surface area (Å²) < 4.78 is 2.09. The minimum Gasteiger partial charge on any atom is -0.399 e. The van der Waals surface area contributed by atoms with Crippen molar-refractivity contribution in [2.24, 2.45) is 0 Å². The van der Waals surface area contributed by atoms with E-state index in [1.807, 2.05) is 18.2 Å². The zero-order valence-corrected chi connectivity index (χ0v) is 11.9. The van der Waals surface area contributed by atoms with Crippen molar-refractivity contribution >= 4 is 28.5 Å². The normalized spacial score (nSPS) is 11.1. The lowest BCUT2D eigenvalue weighted by molar-refractivity contribution is 0.698. The molecule has 20 heavy (non-hydrogen) atoms. The van der Waals surface area contributed by atoms with Gasteiger partial charge in [0, 0.05) is 24.0 Å². The number of aryl methyl sites for hydroxylation is 1. The number of imidazole rings is 1. The molecule has 2 N–H and O–H groups in total. The highest BCUT2D eigenvalue weighted by atomic mass is 35.5. The van der Waals surface area contributed by atoms with Crippen molar-refractivity contribution in [2.75, 3.05) is 5.73 Å². The lowest BCUT2D eigenvalue weighted by Crippen LogP contribution is -2.01. The number of anilines is 1. The fraction of sp³-hybridized carbons (Fsp3) is 0.200. The predicted octanol–water partition coefficient (Wildman–Crippen LogP) is 3.74. The first-order chi connectivity index (χ1) is 9.70. The van der Waals surface area contributed by atoms with Crippen molar-refractivity contribution < 1.29 is 0 Å². The largest absolute Gasteiger partial charge is 0.399 e. The van der Waals surface area contributed by atoms with Gasteiger partial charge in [0.05, 0.1) is 5.02 Å². The van der Waals surface area contributed by atoms with Gasteiger partial charge in [0.1, 0.15) is 11.3 Å². The SMILES string of the molecule is CCCn1c(-c2cc(N)ccc2Cl)nc2cccnc21. The van der Waals surface area contributed by atoms with Crippen molar-refractivity contribution in [1.82, 2.24) is 14.5 Å². The van der Waals surface area contributed by atoms with E-state index in [-0.39, 0.29) is 0 Å². The summed E-state index contributed by atoms with van der Waals surface area (Å²) in [5, 5.41) is 0.645. The molecule has 0 saturated carbocycles. The van der Waals surface area contributed by atoms with E-state index >= 15 is 0 Å². The third-order valence-corrected chi connectivity index (χ3v) is 3.51. The maximum absolute atomic E-state index is 6.30. The van der Waals surface area contributed by atoms with Crippen LogP contribution in [0, 0.1) is 0 Å². The van der Waals surface area contributed by atoms with Crippen LogP contribution < -0.4 is 5.73 Å². The standard InChI is InChI=1S/C15H15ClN4/c1-2-8-20-14(11-9-10(17)5-6-12(11)16)19-13-4-3-7-18-15(13)20/h3-7,9H,2,8,17H2,1H3. The first-order valence-electron chi connectivity index (χ1n) is 6.57. The van der Waals surface area contributed by atoms with Crippen LogP contribution in [-0.2, 0) is 6.54 Å². The molecule has 0 fully saturated rings. The molecule has 0 saturated heterocycles. The number of halogens is 1. The number of nitrogens with zero attached hydrogens (tertiary/aromatic N) is 3. The van der Waals surface area contributed by atoms with Crippen LogP contribution in [0.4, 0.5) is 5.69 Å². The van der Waals surface area contributed by atoms with Gasteiger partial charge in [-0.15, -0.1) is 0 Å². The predicted molar refractivity (Wildman–Crippen MR) is 82.7 cm³/mol. The van der Waals surface area contributed by atoms with Crippen molar-refractivity contribution in [2.45, 2.75) is 19.9 Å². The summed E-state index contributed by atoms with van der Waals surface area (Å²) in [5.41, 5.74) is 9.14. The molecule has 0 aliphatic carbocycles. The van der Waals surface area contributed by atoms with Gasteiger partial charge in [-0.05, 0) is 36.8 Å². The van der Waals surface area contributed by atoms with Gasteiger partial charge in [0.2, 0.25) is 0 Å². The Bertz CT molecular complexity index is 764. The second kappa shape index (κ2) is 5.13. The second-order valence-corrected chi connectivity index (χ2v) is 5.08. The number of aromatic nitrogens is 3. The Balaban J connectivity index is 2.29. The monoisotopic (exact) mass is 286 g/mol. The Morgan fingerprint density at radius 1 is 1.30 bits per heavy atom.